The molecule has 2 saturated heterocycles. The van der Waals surface area contributed by atoms with Crippen molar-refractivity contribution in [3.63, 3.8) is 0 Å². The molecule has 150 valence electrons. The summed E-state index contributed by atoms with van der Waals surface area (Å²) in [7, 11) is 0. The van der Waals surface area contributed by atoms with Crippen LogP contribution < -0.4 is 14.5 Å². The third kappa shape index (κ3) is 5.36. The number of rotatable bonds is 8. The molecule has 2 aliphatic heterocycles. The van der Waals surface area contributed by atoms with E-state index in [0.29, 0.717) is 0 Å². The van der Waals surface area contributed by atoms with Crippen LogP contribution in [0.5, 0.6) is 5.75 Å². The topological polar surface area (TPSA) is 19.0 Å². The zero-order valence-electron chi connectivity index (χ0n) is 16.6. The summed E-state index contributed by atoms with van der Waals surface area (Å²) >= 11 is 2.04. The first-order valence-electron chi connectivity index (χ1n) is 10.5. The lowest BCUT2D eigenvalue weighted by atomic mass is 10.2. The molecule has 0 aliphatic carbocycles. The summed E-state index contributed by atoms with van der Waals surface area (Å²) in [5.41, 5.74) is 2.60. The molecule has 4 rings (SSSR count). The first-order valence-corrected chi connectivity index (χ1v) is 11.6. The van der Waals surface area contributed by atoms with Gasteiger partial charge in [-0.25, -0.2) is 0 Å². The Bertz CT molecular complexity index is 713. The van der Waals surface area contributed by atoms with Crippen molar-refractivity contribution in [3.8, 4) is 5.75 Å². The van der Waals surface area contributed by atoms with E-state index < -0.39 is 0 Å². The molecule has 0 bridgehead atoms. The lowest BCUT2D eigenvalue weighted by Gasteiger charge is -2.37. The van der Waals surface area contributed by atoms with Crippen LogP contribution in [0.3, 0.4) is 0 Å². The molecular weight excluding hydrogens is 366 g/mol. The minimum atomic E-state index is 0.812. The summed E-state index contributed by atoms with van der Waals surface area (Å²) in [6.07, 6.45) is 2.35. The Balaban J connectivity index is 1.21. The maximum atomic E-state index is 6.03. The number of para-hydroxylation sites is 1. The van der Waals surface area contributed by atoms with E-state index in [1.165, 1.54) is 42.5 Å². The highest BCUT2D eigenvalue weighted by Gasteiger charge is 2.17. The van der Waals surface area contributed by atoms with Crippen LogP contribution in [-0.4, -0.2) is 62.4 Å². The molecular formula is C23H31N3OS. The molecule has 0 N–H and O–H groups in total. The van der Waals surface area contributed by atoms with Gasteiger partial charge in [-0.2, -0.15) is 0 Å². The smallest absolute Gasteiger partial charge is 0.121 e. The maximum Gasteiger partial charge on any atom is 0.121 e. The first kappa shape index (κ1) is 19.5. The summed E-state index contributed by atoms with van der Waals surface area (Å²) in [5, 5.41) is 0. The molecule has 0 saturated carbocycles. The van der Waals surface area contributed by atoms with Crippen molar-refractivity contribution in [2.24, 2.45) is 0 Å². The lowest BCUT2D eigenvalue weighted by Crippen LogP contribution is -2.46. The number of anilines is 2. The Labute approximate surface area is 173 Å². The van der Waals surface area contributed by atoms with Gasteiger partial charge in [-0.3, -0.25) is 4.90 Å². The molecule has 2 aromatic rings. The highest BCUT2D eigenvalue weighted by atomic mass is 32.2. The largest absolute Gasteiger partial charge is 0.494 e. The Morgan fingerprint density at radius 3 is 2.29 bits per heavy atom. The molecule has 5 heteroatoms. The molecule has 0 aromatic heterocycles. The van der Waals surface area contributed by atoms with Crippen molar-refractivity contribution < 1.29 is 4.74 Å². The minimum absolute atomic E-state index is 0.812. The van der Waals surface area contributed by atoms with Crippen molar-refractivity contribution in [3.05, 3.63) is 54.6 Å². The number of unbranched alkanes of at least 4 members (excludes halogenated alkanes) is 1. The Morgan fingerprint density at radius 1 is 0.786 bits per heavy atom. The highest BCUT2D eigenvalue weighted by Crippen LogP contribution is 2.24. The normalized spacial score (nSPS) is 17.9. The van der Waals surface area contributed by atoms with Crippen LogP contribution in [0.2, 0.25) is 0 Å². The average Bonchev–Trinajstić information content (AvgIpc) is 3.28. The molecule has 0 amide bonds. The molecule has 2 heterocycles. The molecule has 0 radical (unpaired) electrons. The third-order valence-electron chi connectivity index (χ3n) is 5.55. The van der Waals surface area contributed by atoms with Gasteiger partial charge >= 0.3 is 0 Å². The number of piperazine rings is 1. The zero-order valence-corrected chi connectivity index (χ0v) is 17.4. The molecule has 28 heavy (non-hydrogen) atoms. The van der Waals surface area contributed by atoms with Gasteiger partial charge in [0, 0.05) is 61.8 Å². The fourth-order valence-corrected chi connectivity index (χ4v) is 4.92. The van der Waals surface area contributed by atoms with Crippen molar-refractivity contribution in [2.45, 2.75) is 12.8 Å². The molecule has 0 unspecified atom stereocenters. The quantitative estimate of drug-likeness (QED) is 0.621. The Morgan fingerprint density at radius 2 is 1.54 bits per heavy atom. The van der Waals surface area contributed by atoms with Gasteiger partial charge in [-0.05, 0) is 43.7 Å². The second-order valence-corrected chi connectivity index (χ2v) is 8.59. The van der Waals surface area contributed by atoms with Crippen molar-refractivity contribution in [2.75, 3.05) is 67.3 Å². The lowest BCUT2D eigenvalue weighted by molar-refractivity contribution is 0.284. The van der Waals surface area contributed by atoms with E-state index in [4.69, 9.17) is 4.74 Å². The van der Waals surface area contributed by atoms with Crippen molar-refractivity contribution >= 4 is 23.1 Å². The molecule has 2 aliphatic rings. The summed E-state index contributed by atoms with van der Waals surface area (Å²) in [6.45, 7) is 7.49. The van der Waals surface area contributed by atoms with Crippen LogP contribution in [0, 0.1) is 0 Å². The summed E-state index contributed by atoms with van der Waals surface area (Å²) in [5.74, 6) is 3.50. The van der Waals surface area contributed by atoms with Crippen LogP contribution in [0.25, 0.3) is 0 Å². The predicted molar refractivity (Wildman–Crippen MR) is 121 cm³/mol. The third-order valence-corrected chi connectivity index (χ3v) is 6.57. The highest BCUT2D eigenvalue weighted by molar-refractivity contribution is 7.99. The van der Waals surface area contributed by atoms with E-state index in [1.807, 2.05) is 11.8 Å². The first-order chi connectivity index (χ1) is 13.9. The fraction of sp³-hybridized carbons (Fsp3) is 0.478. The van der Waals surface area contributed by atoms with Crippen LogP contribution in [0.15, 0.2) is 54.6 Å². The van der Waals surface area contributed by atoms with Gasteiger partial charge in [0.2, 0.25) is 0 Å². The SMILES string of the molecule is c1ccc(N2CCN(c3cccc(OCCCCN4CCSC4)c3)CC2)cc1. The van der Waals surface area contributed by atoms with E-state index in [9.17, 15) is 0 Å². The number of benzene rings is 2. The number of hydrogen-bond acceptors (Lipinski definition) is 5. The summed E-state index contributed by atoms with van der Waals surface area (Å²) in [6, 6.07) is 19.3. The zero-order chi connectivity index (χ0) is 19.0. The van der Waals surface area contributed by atoms with Gasteiger partial charge in [-0.1, -0.05) is 24.3 Å². The van der Waals surface area contributed by atoms with Gasteiger partial charge in [0.1, 0.15) is 5.75 Å². The standard InChI is InChI=1S/C23H31N3OS/c1-2-7-21(8-3-1)25-12-14-26(15-13-25)22-9-6-10-23(19-22)27-17-5-4-11-24-16-18-28-20-24/h1-3,6-10,19H,4-5,11-18,20H2. The van der Waals surface area contributed by atoms with Crippen LogP contribution in [0.1, 0.15) is 12.8 Å². The fourth-order valence-electron chi connectivity index (χ4n) is 3.89. The predicted octanol–water partition coefficient (Wildman–Crippen LogP) is 4.18. The number of hydrogen-bond donors (Lipinski definition) is 0. The van der Waals surface area contributed by atoms with E-state index in [0.717, 1.165) is 45.0 Å². The van der Waals surface area contributed by atoms with Gasteiger partial charge in [0.15, 0.2) is 0 Å². The Hall–Kier alpha value is -1.85. The van der Waals surface area contributed by atoms with Gasteiger partial charge in [0.05, 0.1) is 6.61 Å². The van der Waals surface area contributed by atoms with Crippen LogP contribution in [-0.2, 0) is 0 Å². The monoisotopic (exact) mass is 397 g/mol. The number of nitrogens with zero attached hydrogens (tertiary/aromatic N) is 3. The van der Waals surface area contributed by atoms with E-state index in [2.05, 4.69) is 69.3 Å². The molecule has 4 nitrogen and oxygen atoms in total. The van der Waals surface area contributed by atoms with Gasteiger partial charge in [-0.15, -0.1) is 11.8 Å². The van der Waals surface area contributed by atoms with E-state index >= 15 is 0 Å². The van der Waals surface area contributed by atoms with E-state index in [1.54, 1.807) is 0 Å². The van der Waals surface area contributed by atoms with Gasteiger partial charge < -0.3 is 14.5 Å². The van der Waals surface area contributed by atoms with Crippen molar-refractivity contribution in [1.29, 1.82) is 0 Å². The maximum absolute atomic E-state index is 6.03. The minimum Gasteiger partial charge on any atom is -0.494 e. The number of thioether (sulfide) groups is 1. The number of ether oxygens (including phenoxy) is 1. The second-order valence-electron chi connectivity index (χ2n) is 7.52. The average molecular weight is 398 g/mol. The second kappa shape index (κ2) is 10.1. The molecule has 0 atom stereocenters. The molecule has 2 aromatic carbocycles. The summed E-state index contributed by atoms with van der Waals surface area (Å²) in [4.78, 5) is 7.48. The summed E-state index contributed by atoms with van der Waals surface area (Å²) < 4.78 is 6.03. The molecule has 2 fully saturated rings. The van der Waals surface area contributed by atoms with E-state index in [-0.39, 0.29) is 0 Å². The van der Waals surface area contributed by atoms with Crippen molar-refractivity contribution in [1.82, 2.24) is 4.90 Å². The van der Waals surface area contributed by atoms with Crippen LogP contribution >= 0.6 is 11.8 Å². The molecule has 0 spiro atoms. The van der Waals surface area contributed by atoms with Crippen LogP contribution in [0.4, 0.5) is 11.4 Å². The van der Waals surface area contributed by atoms with Gasteiger partial charge in [0.25, 0.3) is 0 Å². The Kier molecular flexibility index (Phi) is 7.01.